The number of benzene rings is 1. The van der Waals surface area contributed by atoms with Crippen LogP contribution in [0.3, 0.4) is 0 Å². The van der Waals surface area contributed by atoms with Crippen LogP contribution in [0.25, 0.3) is 0 Å². The topological polar surface area (TPSA) is 17.1 Å². The molecule has 1 atom stereocenters. The van der Waals surface area contributed by atoms with Gasteiger partial charge in [0.15, 0.2) is 0 Å². The first-order chi connectivity index (χ1) is 8.19. The number of aryl methyl sites for hydroxylation is 1. The molecule has 0 spiro atoms. The number of allylic oxidation sites excluding steroid dienone is 2. The summed E-state index contributed by atoms with van der Waals surface area (Å²) in [5.74, 6) is 0. The van der Waals surface area contributed by atoms with Gasteiger partial charge in [-0.15, -0.1) is 0 Å². The maximum Gasteiger partial charge on any atom is 0.0846 e. The summed E-state index contributed by atoms with van der Waals surface area (Å²) < 4.78 is 12.3. The molecule has 0 fully saturated rings. The minimum absolute atomic E-state index is 0.822. The Labute approximate surface area is 107 Å². The van der Waals surface area contributed by atoms with Crippen molar-refractivity contribution in [1.82, 2.24) is 0 Å². The third-order valence-electron chi connectivity index (χ3n) is 2.55. The molecule has 0 radical (unpaired) electrons. The van der Waals surface area contributed by atoms with Gasteiger partial charge in [-0.3, -0.25) is 0 Å². The highest BCUT2D eigenvalue weighted by Gasteiger charge is 2.06. The molecule has 0 aliphatic heterocycles. The van der Waals surface area contributed by atoms with Crippen LogP contribution in [0.2, 0.25) is 0 Å². The molecule has 92 valence electrons. The van der Waals surface area contributed by atoms with Crippen LogP contribution in [0.15, 0.2) is 52.8 Å². The molecule has 1 aromatic carbocycles. The Morgan fingerprint density at radius 2 is 2.00 bits per heavy atom. The van der Waals surface area contributed by atoms with Crippen molar-refractivity contribution in [2.75, 3.05) is 0 Å². The molecular formula is C15H20OS. The smallest absolute Gasteiger partial charge is 0.0846 e. The zero-order chi connectivity index (χ0) is 12.7. The lowest BCUT2D eigenvalue weighted by Crippen LogP contribution is -1.94. The third-order valence-corrected chi connectivity index (χ3v) is 4.02. The first-order valence-corrected chi connectivity index (χ1v) is 7.15. The fraction of sp³-hybridized carbons (Fsp3) is 0.333. The normalized spacial score (nSPS) is 13.4. The second kappa shape index (κ2) is 7.23. The van der Waals surface area contributed by atoms with Crippen LogP contribution in [0.1, 0.15) is 31.7 Å². The lowest BCUT2D eigenvalue weighted by atomic mass is 10.2. The Kier molecular flexibility index (Phi) is 5.92. The van der Waals surface area contributed by atoms with Crippen LogP contribution in [0, 0.1) is 6.92 Å². The highest BCUT2D eigenvalue weighted by molar-refractivity contribution is 7.89. The summed E-state index contributed by atoms with van der Waals surface area (Å²) in [4.78, 5) is 1.67. The van der Waals surface area contributed by atoms with Crippen LogP contribution < -0.4 is 0 Å². The second-order valence-electron chi connectivity index (χ2n) is 4.03. The summed E-state index contributed by atoms with van der Waals surface area (Å²) in [6, 6.07) is 7.81. The largest absolute Gasteiger partial charge is 0.249 e. The standard InChI is InChI=1S/C15H20OS/c1-4-6-7-8-14(5-2)17(16)15-11-9-13(3)10-12-15/h5,8-12H,2,4,6-7H2,1,3H3/b14-8+. The molecule has 0 heterocycles. The van der Waals surface area contributed by atoms with Crippen molar-refractivity contribution in [3.63, 3.8) is 0 Å². The lowest BCUT2D eigenvalue weighted by molar-refractivity contribution is 0.687. The third kappa shape index (κ3) is 4.31. The Morgan fingerprint density at radius 1 is 1.35 bits per heavy atom. The van der Waals surface area contributed by atoms with Gasteiger partial charge >= 0.3 is 0 Å². The fourth-order valence-corrected chi connectivity index (χ4v) is 2.56. The van der Waals surface area contributed by atoms with E-state index in [4.69, 9.17) is 0 Å². The predicted octanol–water partition coefficient (Wildman–Crippen LogP) is 4.36. The van der Waals surface area contributed by atoms with E-state index in [0.29, 0.717) is 0 Å². The van der Waals surface area contributed by atoms with Gasteiger partial charge in [-0.1, -0.05) is 56.2 Å². The van der Waals surface area contributed by atoms with Crippen LogP contribution in [0.5, 0.6) is 0 Å². The molecule has 1 nitrogen and oxygen atoms in total. The molecule has 0 amide bonds. The molecule has 0 saturated carbocycles. The van der Waals surface area contributed by atoms with E-state index in [1.807, 2.05) is 37.3 Å². The van der Waals surface area contributed by atoms with Gasteiger partial charge in [0.05, 0.1) is 10.8 Å². The van der Waals surface area contributed by atoms with Gasteiger partial charge in [0.25, 0.3) is 0 Å². The van der Waals surface area contributed by atoms with Crippen molar-refractivity contribution in [1.29, 1.82) is 0 Å². The summed E-state index contributed by atoms with van der Waals surface area (Å²) in [6.45, 7) is 7.92. The Balaban J connectivity index is 2.82. The lowest BCUT2D eigenvalue weighted by Gasteiger charge is -2.03. The molecule has 1 rings (SSSR count). The van der Waals surface area contributed by atoms with Gasteiger partial charge in [-0.25, -0.2) is 4.21 Å². The average molecular weight is 248 g/mol. The average Bonchev–Trinajstić information content (AvgIpc) is 2.35. The van der Waals surface area contributed by atoms with Crippen molar-refractivity contribution in [3.8, 4) is 0 Å². The molecule has 0 bridgehead atoms. The summed E-state index contributed by atoms with van der Waals surface area (Å²) >= 11 is 0. The van der Waals surface area contributed by atoms with Gasteiger partial charge in [0.2, 0.25) is 0 Å². The van der Waals surface area contributed by atoms with Crippen molar-refractivity contribution >= 4 is 10.8 Å². The molecule has 0 saturated heterocycles. The Bertz CT molecular complexity index is 415. The van der Waals surface area contributed by atoms with Crippen LogP contribution >= 0.6 is 0 Å². The molecular weight excluding hydrogens is 228 g/mol. The number of hydrogen-bond acceptors (Lipinski definition) is 1. The summed E-state index contributed by atoms with van der Waals surface area (Å²) in [5.41, 5.74) is 1.18. The van der Waals surface area contributed by atoms with Gasteiger partial charge < -0.3 is 0 Å². The van der Waals surface area contributed by atoms with Gasteiger partial charge in [0, 0.05) is 9.80 Å². The molecule has 0 aliphatic rings. The van der Waals surface area contributed by atoms with Gasteiger partial charge in [0.1, 0.15) is 0 Å². The molecule has 0 aromatic heterocycles. The van der Waals surface area contributed by atoms with Crippen LogP contribution in [-0.2, 0) is 10.8 Å². The number of rotatable bonds is 6. The zero-order valence-electron chi connectivity index (χ0n) is 10.6. The van der Waals surface area contributed by atoms with E-state index in [-0.39, 0.29) is 0 Å². The molecule has 1 aromatic rings. The van der Waals surface area contributed by atoms with Crippen molar-refractivity contribution in [2.24, 2.45) is 0 Å². The Hall–Kier alpha value is -1.15. The number of unbranched alkanes of at least 4 members (excludes halogenated alkanes) is 2. The van der Waals surface area contributed by atoms with E-state index in [9.17, 15) is 4.21 Å². The van der Waals surface area contributed by atoms with Crippen LogP contribution in [0.4, 0.5) is 0 Å². The minimum Gasteiger partial charge on any atom is -0.249 e. The van der Waals surface area contributed by atoms with E-state index >= 15 is 0 Å². The molecule has 1 unspecified atom stereocenters. The molecule has 2 heteroatoms. The maximum atomic E-state index is 12.3. The fourth-order valence-electron chi connectivity index (χ4n) is 1.48. The SMILES string of the molecule is C=C/C(=C\CCCC)S(=O)c1ccc(C)cc1. The van der Waals surface area contributed by atoms with Gasteiger partial charge in [-0.2, -0.15) is 0 Å². The number of hydrogen-bond donors (Lipinski definition) is 0. The predicted molar refractivity (Wildman–Crippen MR) is 75.4 cm³/mol. The zero-order valence-corrected chi connectivity index (χ0v) is 11.4. The summed E-state index contributed by atoms with van der Waals surface area (Å²) in [6.07, 6.45) is 6.98. The van der Waals surface area contributed by atoms with Crippen molar-refractivity contribution in [3.05, 3.63) is 53.5 Å². The van der Waals surface area contributed by atoms with Crippen molar-refractivity contribution < 1.29 is 4.21 Å². The maximum absolute atomic E-state index is 12.3. The summed E-state index contributed by atoms with van der Waals surface area (Å²) in [5, 5.41) is 0. The van der Waals surface area contributed by atoms with E-state index in [1.165, 1.54) is 5.56 Å². The van der Waals surface area contributed by atoms with Gasteiger partial charge in [-0.05, 0) is 25.5 Å². The molecule has 0 aliphatic carbocycles. The highest BCUT2D eigenvalue weighted by Crippen LogP contribution is 2.17. The molecule has 17 heavy (non-hydrogen) atoms. The minimum atomic E-state index is -1.09. The Morgan fingerprint density at radius 3 is 2.53 bits per heavy atom. The summed E-state index contributed by atoms with van der Waals surface area (Å²) in [7, 11) is -1.09. The van der Waals surface area contributed by atoms with Crippen molar-refractivity contribution in [2.45, 2.75) is 38.0 Å². The molecule has 0 N–H and O–H groups in total. The quantitative estimate of drug-likeness (QED) is 0.540. The monoisotopic (exact) mass is 248 g/mol. The first-order valence-electron chi connectivity index (χ1n) is 6.00. The van der Waals surface area contributed by atoms with E-state index in [1.54, 1.807) is 6.08 Å². The van der Waals surface area contributed by atoms with E-state index < -0.39 is 10.8 Å². The van der Waals surface area contributed by atoms with E-state index in [2.05, 4.69) is 13.5 Å². The van der Waals surface area contributed by atoms with E-state index in [0.717, 1.165) is 29.1 Å². The first kappa shape index (κ1) is 13.9. The highest BCUT2D eigenvalue weighted by atomic mass is 32.2. The van der Waals surface area contributed by atoms with Crippen LogP contribution in [-0.4, -0.2) is 4.21 Å². The second-order valence-corrected chi connectivity index (χ2v) is 5.51.